The Morgan fingerprint density at radius 1 is 1.35 bits per heavy atom. The molecule has 1 amide bonds. The summed E-state index contributed by atoms with van der Waals surface area (Å²) in [4.78, 5) is 20.4. The Balaban J connectivity index is 2.27. The molecule has 2 radical (unpaired) electrons. The van der Waals surface area contributed by atoms with Crippen LogP contribution in [0.3, 0.4) is 0 Å². The lowest BCUT2D eigenvalue weighted by atomic mass is 9.96. The first-order valence-corrected chi connectivity index (χ1v) is 7.20. The maximum absolute atomic E-state index is 14.2. The first-order chi connectivity index (χ1) is 12.3. The van der Waals surface area contributed by atoms with E-state index in [-0.39, 0.29) is 16.8 Å². The summed E-state index contributed by atoms with van der Waals surface area (Å²) in [6.45, 7) is -1.02. The first kappa shape index (κ1) is 19.7. The van der Waals surface area contributed by atoms with Crippen molar-refractivity contribution in [1.82, 2.24) is 10.5 Å². The zero-order valence-corrected chi connectivity index (χ0v) is 13.2. The summed E-state index contributed by atoms with van der Waals surface area (Å²) in [7, 11) is 5.55. The fourth-order valence-electron chi connectivity index (χ4n) is 1.85. The van der Waals surface area contributed by atoms with Crippen molar-refractivity contribution in [2.75, 3.05) is 18.5 Å². The van der Waals surface area contributed by atoms with Gasteiger partial charge in [0, 0.05) is 0 Å². The summed E-state index contributed by atoms with van der Waals surface area (Å²) in [5.41, 5.74) is 0.752. The Labute approximate surface area is 147 Å². The quantitative estimate of drug-likeness (QED) is 0.408. The Morgan fingerprint density at radius 3 is 2.73 bits per heavy atom. The van der Waals surface area contributed by atoms with E-state index < -0.39 is 48.4 Å². The number of benzene rings is 1. The third-order valence-electron chi connectivity index (χ3n) is 3.12. The smallest absolute Gasteiger partial charge is 0.277 e. The molecule has 1 aromatic carbocycles. The first-order valence-electron chi connectivity index (χ1n) is 7.20. The molecule has 1 unspecified atom stereocenters. The van der Waals surface area contributed by atoms with E-state index in [2.05, 4.69) is 15.1 Å². The van der Waals surface area contributed by atoms with Gasteiger partial charge in [-0.3, -0.25) is 9.63 Å². The zero-order chi connectivity index (χ0) is 19.3. The molecule has 2 aromatic rings. The number of halogens is 3. The minimum atomic E-state index is -1.39. The van der Waals surface area contributed by atoms with Crippen molar-refractivity contribution < 1.29 is 33.0 Å². The number of aliphatic hydroxyl groups excluding tert-OH is 2. The van der Waals surface area contributed by atoms with Crippen molar-refractivity contribution in [1.29, 1.82) is 0 Å². The Bertz CT molecular complexity index is 810. The van der Waals surface area contributed by atoms with Crippen LogP contribution in [0.15, 0.2) is 24.4 Å². The van der Waals surface area contributed by atoms with Gasteiger partial charge in [-0.2, -0.15) is 0 Å². The van der Waals surface area contributed by atoms with Crippen molar-refractivity contribution in [2.24, 2.45) is 0 Å². The van der Waals surface area contributed by atoms with Gasteiger partial charge >= 0.3 is 0 Å². The lowest BCUT2D eigenvalue weighted by Crippen LogP contribution is -2.30. The number of hydrogen-bond acceptors (Lipinski definition) is 6. The van der Waals surface area contributed by atoms with E-state index in [0.717, 1.165) is 24.4 Å². The molecule has 0 aliphatic heterocycles. The fourth-order valence-corrected chi connectivity index (χ4v) is 1.85. The topological polar surface area (TPSA) is 104 Å². The molecule has 26 heavy (non-hydrogen) atoms. The second kappa shape index (κ2) is 8.65. The number of amides is 1. The minimum Gasteiger partial charge on any atom is -0.394 e. The molecule has 1 atom stereocenters. The number of anilines is 2. The van der Waals surface area contributed by atoms with Gasteiger partial charge in [-0.1, -0.05) is 5.46 Å². The minimum absolute atomic E-state index is 0.192. The molecule has 0 spiro atoms. The molecule has 1 aromatic heterocycles. The number of carbonyl (C=O) groups is 1. The van der Waals surface area contributed by atoms with E-state index in [1.165, 1.54) is 0 Å². The Kier molecular flexibility index (Phi) is 6.55. The molecule has 0 aliphatic carbocycles. The number of rotatable bonds is 7. The molecule has 0 saturated heterocycles. The fraction of sp³-hybridized carbons (Fsp3) is 0.200. The molecule has 136 valence electrons. The number of pyridine rings is 1. The largest absolute Gasteiger partial charge is 0.394 e. The lowest BCUT2D eigenvalue weighted by molar-refractivity contribution is -0.0295. The van der Waals surface area contributed by atoms with Crippen LogP contribution in [-0.2, 0) is 4.84 Å². The van der Waals surface area contributed by atoms with Gasteiger partial charge in [0.15, 0.2) is 11.6 Å². The van der Waals surface area contributed by atoms with Crippen LogP contribution in [-0.4, -0.2) is 48.3 Å². The maximum atomic E-state index is 14.2. The van der Waals surface area contributed by atoms with Crippen LogP contribution in [0.2, 0.25) is 0 Å². The maximum Gasteiger partial charge on any atom is 0.277 e. The van der Waals surface area contributed by atoms with Gasteiger partial charge in [-0.05, 0) is 18.2 Å². The van der Waals surface area contributed by atoms with Gasteiger partial charge in [-0.25, -0.2) is 23.6 Å². The third kappa shape index (κ3) is 4.72. The van der Waals surface area contributed by atoms with Gasteiger partial charge in [0.2, 0.25) is 0 Å². The van der Waals surface area contributed by atoms with E-state index in [0.29, 0.717) is 0 Å². The summed E-state index contributed by atoms with van der Waals surface area (Å²) >= 11 is 0. The molecule has 0 bridgehead atoms. The normalized spacial score (nSPS) is 11.9. The molecule has 2 rings (SSSR count). The average Bonchev–Trinajstić information content (AvgIpc) is 2.60. The highest BCUT2D eigenvalue weighted by Gasteiger charge is 2.20. The summed E-state index contributed by atoms with van der Waals surface area (Å²) in [6, 6.07) is 2.60. The molecule has 0 fully saturated rings. The summed E-state index contributed by atoms with van der Waals surface area (Å²) < 4.78 is 40.7. The highest BCUT2D eigenvalue weighted by Crippen LogP contribution is 2.25. The summed E-state index contributed by atoms with van der Waals surface area (Å²) in [5.74, 6) is -4.54. The standard InChI is InChI=1S/C15H13BF3N3O4/c16-10-3-7(17)4-20-14(10)21-13-9(1-2-11(18)12(13)19)15(25)22-26-6-8(24)5-23/h1-4,8,23-24H,5-6H2,(H,20,21)(H,22,25). The number of aliphatic hydroxyl groups is 2. The molecule has 11 heteroatoms. The number of carbonyl (C=O) groups excluding carboxylic acids is 1. The Morgan fingerprint density at radius 2 is 2.08 bits per heavy atom. The second-order valence-electron chi connectivity index (χ2n) is 5.08. The van der Waals surface area contributed by atoms with Crippen LogP contribution < -0.4 is 16.3 Å². The molecular weight excluding hydrogens is 354 g/mol. The van der Waals surface area contributed by atoms with Gasteiger partial charge in [0.05, 0.1) is 24.1 Å². The van der Waals surface area contributed by atoms with E-state index in [1.54, 1.807) is 0 Å². The van der Waals surface area contributed by atoms with Gasteiger partial charge in [0.1, 0.15) is 32.2 Å². The van der Waals surface area contributed by atoms with E-state index in [1.807, 2.05) is 5.48 Å². The van der Waals surface area contributed by atoms with Crippen LogP contribution in [0.1, 0.15) is 10.4 Å². The number of hydroxylamine groups is 1. The lowest BCUT2D eigenvalue weighted by Gasteiger charge is -2.15. The van der Waals surface area contributed by atoms with Crippen LogP contribution >= 0.6 is 0 Å². The van der Waals surface area contributed by atoms with Crippen molar-refractivity contribution in [3.8, 4) is 0 Å². The third-order valence-corrected chi connectivity index (χ3v) is 3.12. The van der Waals surface area contributed by atoms with Crippen molar-refractivity contribution in [2.45, 2.75) is 6.10 Å². The summed E-state index contributed by atoms with van der Waals surface area (Å²) in [6.07, 6.45) is -0.435. The van der Waals surface area contributed by atoms with Gasteiger partial charge in [0.25, 0.3) is 5.91 Å². The van der Waals surface area contributed by atoms with Gasteiger partial charge < -0.3 is 15.5 Å². The van der Waals surface area contributed by atoms with Gasteiger partial charge in [-0.15, -0.1) is 0 Å². The monoisotopic (exact) mass is 367 g/mol. The molecule has 0 aliphatic rings. The number of nitrogens with one attached hydrogen (secondary N) is 2. The van der Waals surface area contributed by atoms with Crippen LogP contribution in [0.25, 0.3) is 0 Å². The van der Waals surface area contributed by atoms with Crippen LogP contribution in [0.4, 0.5) is 24.7 Å². The van der Waals surface area contributed by atoms with E-state index >= 15 is 0 Å². The summed E-state index contributed by atoms with van der Waals surface area (Å²) in [5, 5.41) is 20.1. The predicted octanol–water partition coefficient (Wildman–Crippen LogP) is 0.0509. The second-order valence-corrected chi connectivity index (χ2v) is 5.08. The predicted molar refractivity (Wildman–Crippen MR) is 85.7 cm³/mol. The molecule has 0 saturated carbocycles. The number of nitrogens with zero attached hydrogens (tertiary/aromatic N) is 1. The highest BCUT2D eigenvalue weighted by atomic mass is 19.2. The van der Waals surface area contributed by atoms with Crippen molar-refractivity contribution >= 4 is 30.7 Å². The molecule has 7 nitrogen and oxygen atoms in total. The van der Waals surface area contributed by atoms with Crippen LogP contribution in [0.5, 0.6) is 0 Å². The molecular formula is C15H13BF3N3O4. The average molecular weight is 367 g/mol. The van der Waals surface area contributed by atoms with Crippen molar-refractivity contribution in [3.05, 3.63) is 47.4 Å². The molecule has 1 heterocycles. The Hall–Kier alpha value is -2.63. The highest BCUT2D eigenvalue weighted by molar-refractivity contribution is 6.35. The molecule has 4 N–H and O–H groups in total. The van der Waals surface area contributed by atoms with E-state index in [9.17, 15) is 18.0 Å². The van der Waals surface area contributed by atoms with Crippen LogP contribution in [0, 0.1) is 17.5 Å². The number of aromatic nitrogens is 1. The van der Waals surface area contributed by atoms with E-state index in [4.69, 9.17) is 18.1 Å². The van der Waals surface area contributed by atoms with Crippen molar-refractivity contribution in [3.63, 3.8) is 0 Å². The number of hydrogen-bond donors (Lipinski definition) is 4. The zero-order valence-electron chi connectivity index (χ0n) is 13.2. The SMILES string of the molecule is [B]c1cc(F)cnc1Nc1c(C(=O)NOCC(O)CO)ccc(F)c1F.